The summed E-state index contributed by atoms with van der Waals surface area (Å²) in [6.07, 6.45) is 1.84. The molecule has 0 aliphatic rings. The molecule has 0 saturated heterocycles. The van der Waals surface area contributed by atoms with Gasteiger partial charge >= 0.3 is 11.7 Å². The molecule has 0 unspecified atom stereocenters. The molecule has 1 N–H and O–H groups in total. The monoisotopic (exact) mass is 282 g/mol. The van der Waals surface area contributed by atoms with Gasteiger partial charge in [-0.25, -0.2) is 4.79 Å². The van der Waals surface area contributed by atoms with E-state index in [2.05, 4.69) is 4.98 Å². The van der Waals surface area contributed by atoms with Gasteiger partial charge in [-0.3, -0.25) is 23.9 Å². The van der Waals surface area contributed by atoms with Crippen LogP contribution in [0.1, 0.15) is 32.3 Å². The van der Waals surface area contributed by atoms with Crippen LogP contribution in [-0.4, -0.2) is 27.9 Å². The summed E-state index contributed by atoms with van der Waals surface area (Å²) in [7, 11) is 0. The van der Waals surface area contributed by atoms with Gasteiger partial charge in [0.1, 0.15) is 0 Å². The van der Waals surface area contributed by atoms with Crippen LogP contribution in [0.15, 0.2) is 15.8 Å². The van der Waals surface area contributed by atoms with Gasteiger partial charge in [0, 0.05) is 18.2 Å². The number of ether oxygens (including phenoxy) is 1. The van der Waals surface area contributed by atoms with E-state index in [-0.39, 0.29) is 31.8 Å². The predicted octanol–water partition coefficient (Wildman–Crippen LogP) is 0.0114. The maximum atomic E-state index is 11.7. The molecule has 7 heteroatoms. The molecule has 0 aliphatic carbocycles. The van der Waals surface area contributed by atoms with E-state index < -0.39 is 17.2 Å². The molecule has 0 aromatic carbocycles. The third-order valence-electron chi connectivity index (χ3n) is 2.73. The van der Waals surface area contributed by atoms with E-state index in [0.29, 0.717) is 12.0 Å². The Bertz CT molecular complexity index is 600. The minimum atomic E-state index is -0.628. The molecule has 1 heterocycles. The van der Waals surface area contributed by atoms with Crippen molar-refractivity contribution >= 4 is 11.8 Å². The molecule has 1 aromatic heterocycles. The molecule has 7 nitrogen and oxygen atoms in total. The smallest absolute Gasteiger partial charge is 0.328 e. The SMILES string of the molecule is CCOC(=O)CCC(=O)Cn1cc(CC)c(=O)[nH]c1=O. The second-order valence-electron chi connectivity index (χ2n) is 4.24. The number of Topliss-reactive ketones (excluding diaryl/α,β-unsaturated/α-hetero) is 1. The van der Waals surface area contributed by atoms with Gasteiger partial charge in [0.05, 0.1) is 19.6 Å². The van der Waals surface area contributed by atoms with Crippen molar-refractivity contribution < 1.29 is 14.3 Å². The predicted molar refractivity (Wildman–Crippen MR) is 71.6 cm³/mol. The number of hydrogen-bond donors (Lipinski definition) is 1. The highest BCUT2D eigenvalue weighted by molar-refractivity contribution is 5.82. The summed E-state index contributed by atoms with van der Waals surface area (Å²) in [6, 6.07) is 0. The number of nitrogens with zero attached hydrogens (tertiary/aromatic N) is 1. The number of H-pyrrole nitrogens is 1. The van der Waals surface area contributed by atoms with Crippen LogP contribution >= 0.6 is 0 Å². The Labute approximate surface area is 115 Å². The van der Waals surface area contributed by atoms with Crippen molar-refractivity contribution in [2.45, 2.75) is 39.7 Å². The lowest BCUT2D eigenvalue weighted by Gasteiger charge is -2.06. The first-order valence-corrected chi connectivity index (χ1v) is 6.47. The Morgan fingerprint density at radius 1 is 1.25 bits per heavy atom. The number of aromatic amines is 1. The maximum absolute atomic E-state index is 11.7. The third-order valence-corrected chi connectivity index (χ3v) is 2.73. The van der Waals surface area contributed by atoms with Crippen molar-refractivity contribution in [3.05, 3.63) is 32.6 Å². The fraction of sp³-hybridized carbons (Fsp3) is 0.538. The molecule has 0 amide bonds. The molecular formula is C13H18N2O5. The summed E-state index contributed by atoms with van der Waals surface area (Å²) in [5.74, 6) is -0.710. The Morgan fingerprint density at radius 3 is 2.55 bits per heavy atom. The molecule has 0 aliphatic heterocycles. The number of carbonyl (C=O) groups excluding carboxylic acids is 2. The first kappa shape index (κ1) is 15.9. The quantitative estimate of drug-likeness (QED) is 0.710. The molecule has 0 atom stereocenters. The van der Waals surface area contributed by atoms with Crippen LogP contribution in [-0.2, 0) is 27.3 Å². The van der Waals surface area contributed by atoms with Crippen molar-refractivity contribution in [1.82, 2.24) is 9.55 Å². The lowest BCUT2D eigenvalue weighted by molar-refractivity contribution is -0.144. The first-order valence-electron chi connectivity index (χ1n) is 6.47. The van der Waals surface area contributed by atoms with E-state index in [9.17, 15) is 19.2 Å². The molecular weight excluding hydrogens is 264 g/mol. The van der Waals surface area contributed by atoms with Crippen molar-refractivity contribution in [2.24, 2.45) is 0 Å². The standard InChI is InChI=1S/C13H18N2O5/c1-3-9-7-15(13(19)14-12(9)18)8-10(16)5-6-11(17)20-4-2/h7H,3-6,8H2,1-2H3,(H,14,18,19). The average Bonchev–Trinajstić information content (AvgIpc) is 2.40. The van der Waals surface area contributed by atoms with Crippen LogP contribution in [0.4, 0.5) is 0 Å². The summed E-state index contributed by atoms with van der Waals surface area (Å²) in [6.45, 7) is 3.57. The highest BCUT2D eigenvalue weighted by atomic mass is 16.5. The van der Waals surface area contributed by atoms with Gasteiger partial charge in [0.15, 0.2) is 5.78 Å². The Morgan fingerprint density at radius 2 is 1.95 bits per heavy atom. The summed E-state index contributed by atoms with van der Waals surface area (Å²) in [5, 5.41) is 0. The number of nitrogens with one attached hydrogen (secondary N) is 1. The minimum absolute atomic E-state index is 0.00581. The normalized spacial score (nSPS) is 10.3. The van der Waals surface area contributed by atoms with Crippen molar-refractivity contribution in [1.29, 1.82) is 0 Å². The molecule has 110 valence electrons. The van der Waals surface area contributed by atoms with Gasteiger partial charge in [0.25, 0.3) is 5.56 Å². The second-order valence-corrected chi connectivity index (χ2v) is 4.24. The van der Waals surface area contributed by atoms with Crippen LogP contribution in [0.3, 0.4) is 0 Å². The largest absolute Gasteiger partial charge is 0.466 e. The number of aryl methyl sites for hydroxylation is 1. The number of aromatic nitrogens is 2. The number of rotatable bonds is 7. The maximum Gasteiger partial charge on any atom is 0.328 e. The molecule has 0 radical (unpaired) electrons. The molecule has 1 rings (SSSR count). The topological polar surface area (TPSA) is 98.2 Å². The third kappa shape index (κ3) is 4.49. The zero-order valence-corrected chi connectivity index (χ0v) is 11.6. The molecule has 0 fully saturated rings. The van der Waals surface area contributed by atoms with Crippen LogP contribution in [0.5, 0.6) is 0 Å². The summed E-state index contributed by atoms with van der Waals surface area (Å²) in [5.41, 5.74) is -0.632. The zero-order chi connectivity index (χ0) is 15.1. The summed E-state index contributed by atoms with van der Waals surface area (Å²) >= 11 is 0. The van der Waals surface area contributed by atoms with E-state index >= 15 is 0 Å². The highest BCUT2D eigenvalue weighted by Gasteiger charge is 2.10. The van der Waals surface area contributed by atoms with Crippen LogP contribution in [0.25, 0.3) is 0 Å². The van der Waals surface area contributed by atoms with Gasteiger partial charge in [-0.05, 0) is 13.3 Å². The van der Waals surface area contributed by atoms with Gasteiger partial charge in [0.2, 0.25) is 0 Å². The van der Waals surface area contributed by atoms with E-state index in [1.807, 2.05) is 0 Å². The fourth-order valence-corrected chi connectivity index (χ4v) is 1.67. The minimum Gasteiger partial charge on any atom is -0.466 e. The van der Waals surface area contributed by atoms with Crippen molar-refractivity contribution in [2.75, 3.05) is 6.61 Å². The fourth-order valence-electron chi connectivity index (χ4n) is 1.67. The molecule has 20 heavy (non-hydrogen) atoms. The molecule has 0 bridgehead atoms. The van der Waals surface area contributed by atoms with Crippen molar-refractivity contribution in [3.8, 4) is 0 Å². The zero-order valence-electron chi connectivity index (χ0n) is 11.6. The van der Waals surface area contributed by atoms with E-state index in [0.717, 1.165) is 4.57 Å². The van der Waals surface area contributed by atoms with E-state index in [1.54, 1.807) is 13.8 Å². The molecule has 0 spiro atoms. The van der Waals surface area contributed by atoms with Gasteiger partial charge in [-0.15, -0.1) is 0 Å². The number of ketones is 1. The Hall–Kier alpha value is -2.18. The van der Waals surface area contributed by atoms with Crippen LogP contribution < -0.4 is 11.2 Å². The first-order chi connectivity index (χ1) is 9.47. The van der Waals surface area contributed by atoms with Gasteiger partial charge in [-0.2, -0.15) is 0 Å². The van der Waals surface area contributed by atoms with E-state index in [1.165, 1.54) is 6.20 Å². The van der Waals surface area contributed by atoms with Gasteiger partial charge in [-0.1, -0.05) is 6.92 Å². The number of esters is 1. The summed E-state index contributed by atoms with van der Waals surface area (Å²) < 4.78 is 5.86. The molecule has 1 aromatic rings. The second kappa shape index (κ2) is 7.42. The van der Waals surface area contributed by atoms with Crippen LogP contribution in [0, 0.1) is 0 Å². The highest BCUT2D eigenvalue weighted by Crippen LogP contribution is 1.97. The average molecular weight is 282 g/mol. The Kier molecular flexibility index (Phi) is 5.89. The molecule has 0 saturated carbocycles. The number of hydrogen-bond acceptors (Lipinski definition) is 5. The lowest BCUT2D eigenvalue weighted by Crippen LogP contribution is -2.33. The van der Waals surface area contributed by atoms with Crippen molar-refractivity contribution in [3.63, 3.8) is 0 Å². The lowest BCUT2D eigenvalue weighted by atomic mass is 10.2. The number of carbonyl (C=O) groups is 2. The van der Waals surface area contributed by atoms with Gasteiger partial charge < -0.3 is 4.74 Å². The summed E-state index contributed by atoms with van der Waals surface area (Å²) in [4.78, 5) is 47.9. The van der Waals surface area contributed by atoms with E-state index in [4.69, 9.17) is 4.74 Å². The van der Waals surface area contributed by atoms with Crippen LogP contribution in [0.2, 0.25) is 0 Å². The Balaban J connectivity index is 2.69.